The lowest BCUT2D eigenvalue weighted by molar-refractivity contribution is 0.893. The molecular weight excluding hydrogens is 218 g/mol. The van der Waals surface area contributed by atoms with Gasteiger partial charge in [0.2, 0.25) is 5.95 Å². The number of hydrogen-bond donors (Lipinski definition) is 2. The van der Waals surface area contributed by atoms with Crippen LogP contribution in [-0.4, -0.2) is 45.8 Å². The molecule has 2 heterocycles. The van der Waals surface area contributed by atoms with Crippen molar-refractivity contribution in [2.75, 3.05) is 30.9 Å². The molecule has 0 aliphatic carbocycles. The van der Waals surface area contributed by atoms with Gasteiger partial charge in [-0.1, -0.05) is 0 Å². The van der Waals surface area contributed by atoms with Crippen molar-refractivity contribution in [3.63, 3.8) is 0 Å². The van der Waals surface area contributed by atoms with Crippen LogP contribution in [0.2, 0.25) is 0 Å². The van der Waals surface area contributed by atoms with Gasteiger partial charge in [0, 0.05) is 33.3 Å². The highest BCUT2D eigenvalue weighted by Gasteiger charge is 2.01. The molecule has 0 saturated heterocycles. The molecule has 17 heavy (non-hydrogen) atoms. The fourth-order valence-corrected chi connectivity index (χ4v) is 1.32. The van der Waals surface area contributed by atoms with Gasteiger partial charge in [-0.25, -0.2) is 9.97 Å². The zero-order valence-corrected chi connectivity index (χ0v) is 9.88. The smallest absolute Gasteiger partial charge is 0.226 e. The number of aromatic nitrogens is 5. The van der Waals surface area contributed by atoms with Crippen molar-refractivity contribution >= 4 is 11.8 Å². The van der Waals surface area contributed by atoms with E-state index in [1.807, 2.05) is 25.1 Å². The second kappa shape index (κ2) is 5.24. The normalized spacial score (nSPS) is 10.2. The third kappa shape index (κ3) is 3.13. The molecule has 0 amide bonds. The monoisotopic (exact) mass is 233 g/mol. The van der Waals surface area contributed by atoms with Crippen LogP contribution in [0.3, 0.4) is 0 Å². The summed E-state index contributed by atoms with van der Waals surface area (Å²) in [5, 5.41) is 9.81. The van der Waals surface area contributed by atoms with E-state index in [2.05, 4.69) is 30.5 Å². The van der Waals surface area contributed by atoms with E-state index < -0.39 is 0 Å². The van der Waals surface area contributed by atoms with Crippen molar-refractivity contribution in [2.45, 2.75) is 6.42 Å². The summed E-state index contributed by atoms with van der Waals surface area (Å²) < 4.78 is 0. The van der Waals surface area contributed by atoms with Crippen molar-refractivity contribution in [2.24, 2.45) is 0 Å². The Kier molecular flexibility index (Phi) is 3.49. The number of rotatable bonds is 5. The molecular formula is C10H15N7. The van der Waals surface area contributed by atoms with E-state index in [1.165, 1.54) is 6.33 Å². The summed E-state index contributed by atoms with van der Waals surface area (Å²) in [7, 11) is 3.82. The largest absolute Gasteiger partial charge is 0.369 e. The first-order valence-corrected chi connectivity index (χ1v) is 5.34. The number of nitrogens with one attached hydrogen (secondary N) is 2. The summed E-state index contributed by atoms with van der Waals surface area (Å²) >= 11 is 0. The Bertz CT molecular complexity index is 451. The van der Waals surface area contributed by atoms with Crippen molar-refractivity contribution < 1.29 is 0 Å². The van der Waals surface area contributed by atoms with E-state index in [4.69, 9.17) is 0 Å². The molecule has 0 radical (unpaired) electrons. The zero-order valence-electron chi connectivity index (χ0n) is 9.88. The van der Waals surface area contributed by atoms with Crippen LogP contribution in [0.15, 0.2) is 18.6 Å². The number of H-pyrrole nitrogens is 1. The number of aromatic amines is 1. The highest BCUT2D eigenvalue weighted by atomic mass is 15.2. The van der Waals surface area contributed by atoms with E-state index in [9.17, 15) is 0 Å². The molecule has 2 aromatic rings. The molecule has 0 atom stereocenters. The van der Waals surface area contributed by atoms with E-state index in [0.717, 1.165) is 24.6 Å². The van der Waals surface area contributed by atoms with E-state index >= 15 is 0 Å². The van der Waals surface area contributed by atoms with Crippen LogP contribution in [0.25, 0.3) is 0 Å². The standard InChI is InChI=1S/C10H15N7/c1-17(2)10-12-6-3-8(15-10)11-5-4-9-13-7-14-16-9/h3,6-7H,4-5H2,1-2H3,(H,11,12,15)(H,13,14,16). The second-order valence-corrected chi connectivity index (χ2v) is 3.75. The maximum Gasteiger partial charge on any atom is 0.226 e. The summed E-state index contributed by atoms with van der Waals surface area (Å²) in [5.41, 5.74) is 0. The quantitative estimate of drug-likeness (QED) is 0.773. The Morgan fingerprint density at radius 3 is 2.94 bits per heavy atom. The third-order valence-electron chi connectivity index (χ3n) is 2.18. The second-order valence-electron chi connectivity index (χ2n) is 3.75. The van der Waals surface area contributed by atoms with Crippen LogP contribution >= 0.6 is 0 Å². The molecule has 0 aliphatic heterocycles. The average molecular weight is 233 g/mol. The first kappa shape index (κ1) is 11.3. The minimum Gasteiger partial charge on any atom is -0.369 e. The first-order chi connectivity index (χ1) is 8.25. The summed E-state index contributed by atoms with van der Waals surface area (Å²) in [4.78, 5) is 14.4. The molecule has 0 saturated carbocycles. The van der Waals surface area contributed by atoms with Gasteiger partial charge in [0.15, 0.2) is 0 Å². The van der Waals surface area contributed by atoms with Gasteiger partial charge in [0.25, 0.3) is 0 Å². The SMILES string of the molecule is CN(C)c1nccc(NCCc2ncn[nH]2)n1. The predicted molar refractivity (Wildman–Crippen MR) is 64.9 cm³/mol. The molecule has 0 unspecified atom stereocenters. The van der Waals surface area contributed by atoms with Gasteiger partial charge in [-0.2, -0.15) is 10.1 Å². The lowest BCUT2D eigenvalue weighted by atomic mass is 10.4. The third-order valence-corrected chi connectivity index (χ3v) is 2.18. The Morgan fingerprint density at radius 2 is 2.24 bits per heavy atom. The van der Waals surface area contributed by atoms with E-state index in [1.54, 1.807) is 6.20 Å². The van der Waals surface area contributed by atoms with Gasteiger partial charge >= 0.3 is 0 Å². The van der Waals surface area contributed by atoms with Crippen LogP contribution in [0.5, 0.6) is 0 Å². The zero-order chi connectivity index (χ0) is 12.1. The van der Waals surface area contributed by atoms with E-state index in [-0.39, 0.29) is 0 Å². The average Bonchev–Trinajstić information content (AvgIpc) is 2.82. The van der Waals surface area contributed by atoms with Gasteiger partial charge < -0.3 is 10.2 Å². The van der Waals surface area contributed by atoms with Gasteiger partial charge in [-0.3, -0.25) is 5.10 Å². The molecule has 2 rings (SSSR count). The highest BCUT2D eigenvalue weighted by molar-refractivity contribution is 5.40. The molecule has 0 aliphatic rings. The summed E-state index contributed by atoms with van der Waals surface area (Å²) in [6.45, 7) is 0.749. The van der Waals surface area contributed by atoms with Gasteiger partial charge in [-0.05, 0) is 6.07 Å². The van der Waals surface area contributed by atoms with Crippen LogP contribution < -0.4 is 10.2 Å². The van der Waals surface area contributed by atoms with Crippen molar-refractivity contribution in [1.82, 2.24) is 25.1 Å². The lowest BCUT2D eigenvalue weighted by Crippen LogP contribution is -2.14. The maximum atomic E-state index is 4.35. The number of anilines is 2. The van der Waals surface area contributed by atoms with Crippen LogP contribution in [-0.2, 0) is 6.42 Å². The molecule has 0 fully saturated rings. The Labute approximate surface area is 99.3 Å². The van der Waals surface area contributed by atoms with Crippen LogP contribution in [0.4, 0.5) is 11.8 Å². The van der Waals surface area contributed by atoms with Crippen molar-refractivity contribution in [3.05, 3.63) is 24.4 Å². The molecule has 2 aromatic heterocycles. The Morgan fingerprint density at radius 1 is 1.35 bits per heavy atom. The van der Waals surface area contributed by atoms with Gasteiger partial charge in [0.1, 0.15) is 18.0 Å². The van der Waals surface area contributed by atoms with Crippen molar-refractivity contribution in [1.29, 1.82) is 0 Å². The summed E-state index contributed by atoms with van der Waals surface area (Å²) in [6, 6.07) is 1.84. The lowest BCUT2D eigenvalue weighted by Gasteiger charge is -2.11. The Balaban J connectivity index is 1.88. The first-order valence-electron chi connectivity index (χ1n) is 5.34. The fraction of sp³-hybridized carbons (Fsp3) is 0.400. The maximum absolute atomic E-state index is 4.35. The van der Waals surface area contributed by atoms with Gasteiger partial charge in [-0.15, -0.1) is 0 Å². The van der Waals surface area contributed by atoms with Crippen molar-refractivity contribution in [3.8, 4) is 0 Å². The number of nitrogens with zero attached hydrogens (tertiary/aromatic N) is 5. The molecule has 90 valence electrons. The predicted octanol–water partition coefficient (Wildman–Crippen LogP) is 0.315. The van der Waals surface area contributed by atoms with Crippen LogP contribution in [0, 0.1) is 0 Å². The Hall–Kier alpha value is -2.18. The minimum atomic E-state index is 0.690. The molecule has 7 nitrogen and oxygen atoms in total. The molecule has 7 heteroatoms. The topological polar surface area (TPSA) is 82.6 Å². The highest BCUT2D eigenvalue weighted by Crippen LogP contribution is 2.07. The van der Waals surface area contributed by atoms with E-state index in [0.29, 0.717) is 5.95 Å². The van der Waals surface area contributed by atoms with Crippen LogP contribution in [0.1, 0.15) is 5.82 Å². The molecule has 0 aromatic carbocycles. The molecule has 2 N–H and O–H groups in total. The van der Waals surface area contributed by atoms with Gasteiger partial charge in [0.05, 0.1) is 0 Å². The molecule has 0 spiro atoms. The molecule has 0 bridgehead atoms. The summed E-state index contributed by atoms with van der Waals surface area (Å²) in [6.07, 6.45) is 4.02. The summed E-state index contributed by atoms with van der Waals surface area (Å²) in [5.74, 6) is 2.36. The minimum absolute atomic E-state index is 0.690. The fourth-order valence-electron chi connectivity index (χ4n) is 1.32. The number of hydrogen-bond acceptors (Lipinski definition) is 6.